The molecule has 3 heterocycles. The number of rotatable bonds is 3. The van der Waals surface area contributed by atoms with Gasteiger partial charge in [0.2, 0.25) is 18.6 Å². The molecule has 2 amide bonds. The van der Waals surface area contributed by atoms with Crippen LogP contribution in [0.3, 0.4) is 0 Å². The van der Waals surface area contributed by atoms with Gasteiger partial charge in [-0.15, -0.1) is 0 Å². The van der Waals surface area contributed by atoms with E-state index < -0.39 is 23.1 Å². The number of halogens is 3. The molecule has 3 aromatic carbocycles. The molecule has 178 valence electrons. The highest BCUT2D eigenvalue weighted by Crippen LogP contribution is 2.54. The lowest BCUT2D eigenvalue weighted by Crippen LogP contribution is -2.45. The van der Waals surface area contributed by atoms with Crippen molar-refractivity contribution in [3.05, 3.63) is 77.4 Å². The number of benzene rings is 3. The highest BCUT2D eigenvalue weighted by atomic mass is 19.4. The maximum atomic E-state index is 13.9. The molecule has 1 unspecified atom stereocenters. The Hall–Kier alpha value is -4.21. The molecule has 1 atom stereocenters. The summed E-state index contributed by atoms with van der Waals surface area (Å²) in [7, 11) is 0. The van der Waals surface area contributed by atoms with Crippen LogP contribution in [0.1, 0.15) is 16.7 Å². The number of carbonyl (C=O) groups is 2. The van der Waals surface area contributed by atoms with Crippen molar-refractivity contribution < 1.29 is 37.0 Å². The van der Waals surface area contributed by atoms with Crippen molar-refractivity contribution >= 4 is 23.2 Å². The molecule has 0 saturated heterocycles. The van der Waals surface area contributed by atoms with E-state index in [2.05, 4.69) is 5.32 Å². The van der Waals surface area contributed by atoms with Gasteiger partial charge in [0.05, 0.1) is 5.56 Å². The van der Waals surface area contributed by atoms with Crippen LogP contribution in [0, 0.1) is 0 Å². The summed E-state index contributed by atoms with van der Waals surface area (Å²) in [5, 5.41) is 2.46. The van der Waals surface area contributed by atoms with Gasteiger partial charge in [0.15, 0.2) is 11.5 Å². The molecule has 0 radical (unpaired) electrons. The highest BCUT2D eigenvalue weighted by Gasteiger charge is 2.57. The van der Waals surface area contributed by atoms with Gasteiger partial charge in [0, 0.05) is 23.0 Å². The Morgan fingerprint density at radius 1 is 0.943 bits per heavy atom. The number of para-hydroxylation sites is 1. The van der Waals surface area contributed by atoms with Crippen LogP contribution in [0.4, 0.5) is 24.5 Å². The number of amides is 2. The summed E-state index contributed by atoms with van der Waals surface area (Å²) in [5.41, 5.74) is -0.249. The van der Waals surface area contributed by atoms with Crippen molar-refractivity contribution in [2.45, 2.75) is 11.6 Å². The second-order valence-electron chi connectivity index (χ2n) is 8.43. The number of carbonyl (C=O) groups excluding carboxylic acids is 2. The van der Waals surface area contributed by atoms with E-state index >= 15 is 0 Å². The lowest BCUT2D eigenvalue weighted by Gasteiger charge is -2.23. The number of hydrogen-bond donors (Lipinski definition) is 1. The third-order valence-electron chi connectivity index (χ3n) is 6.42. The first kappa shape index (κ1) is 21.3. The Kier molecular flexibility index (Phi) is 4.51. The van der Waals surface area contributed by atoms with E-state index in [-0.39, 0.29) is 31.5 Å². The zero-order valence-electron chi connectivity index (χ0n) is 18.0. The largest absolute Gasteiger partial charge is 0.491 e. The average Bonchev–Trinajstić information content (AvgIpc) is 3.50. The van der Waals surface area contributed by atoms with Crippen molar-refractivity contribution in [1.82, 2.24) is 0 Å². The molecule has 3 aliphatic heterocycles. The number of ether oxygens (including phenoxy) is 3. The lowest BCUT2D eigenvalue weighted by molar-refractivity contribution is -0.137. The molecule has 0 bridgehead atoms. The average molecular weight is 482 g/mol. The quantitative estimate of drug-likeness (QED) is 0.609. The normalized spacial score (nSPS) is 19.5. The summed E-state index contributed by atoms with van der Waals surface area (Å²) in [6, 6.07) is 14.8. The standard InChI is InChI=1S/C25H17F3N2O5/c26-25(27,28)14-4-3-5-15(8-14)29-22(31)11-30-18-7-2-1-6-16(18)24(23(30)32)12-33-19-10-21-20(9-17(19)24)34-13-35-21/h1-10H,11-13H2,(H,29,31). The fourth-order valence-corrected chi connectivity index (χ4v) is 4.84. The Morgan fingerprint density at radius 3 is 2.51 bits per heavy atom. The van der Waals surface area contributed by atoms with Gasteiger partial charge in [-0.1, -0.05) is 24.3 Å². The third-order valence-corrected chi connectivity index (χ3v) is 6.42. The minimum absolute atomic E-state index is 0.0123. The summed E-state index contributed by atoms with van der Waals surface area (Å²) >= 11 is 0. The number of hydrogen-bond acceptors (Lipinski definition) is 5. The third kappa shape index (κ3) is 3.20. The first-order valence-corrected chi connectivity index (χ1v) is 10.7. The maximum Gasteiger partial charge on any atom is 0.416 e. The van der Waals surface area contributed by atoms with E-state index in [9.17, 15) is 22.8 Å². The fourth-order valence-electron chi connectivity index (χ4n) is 4.84. The highest BCUT2D eigenvalue weighted by molar-refractivity contribution is 6.14. The molecule has 35 heavy (non-hydrogen) atoms. The van der Waals surface area contributed by atoms with E-state index in [1.807, 2.05) is 0 Å². The van der Waals surface area contributed by atoms with E-state index in [1.165, 1.54) is 17.0 Å². The van der Waals surface area contributed by atoms with E-state index in [4.69, 9.17) is 14.2 Å². The maximum absolute atomic E-state index is 13.9. The molecule has 0 saturated carbocycles. The molecular weight excluding hydrogens is 465 g/mol. The summed E-state index contributed by atoms with van der Waals surface area (Å²) in [5.74, 6) is 0.522. The Balaban J connectivity index is 1.32. The Morgan fingerprint density at radius 2 is 1.71 bits per heavy atom. The molecular formula is C25H17F3N2O5. The molecule has 0 aliphatic carbocycles. The molecule has 3 aromatic rings. The monoisotopic (exact) mass is 482 g/mol. The van der Waals surface area contributed by atoms with Crippen molar-refractivity contribution in [2.75, 3.05) is 30.2 Å². The SMILES string of the molecule is O=C(CN1C(=O)C2(COc3cc4c(cc32)OCO4)c2ccccc21)Nc1cccc(C(F)(F)F)c1. The first-order valence-electron chi connectivity index (χ1n) is 10.7. The predicted molar refractivity (Wildman–Crippen MR) is 118 cm³/mol. The van der Waals surface area contributed by atoms with Gasteiger partial charge in [-0.25, -0.2) is 0 Å². The molecule has 3 aliphatic rings. The smallest absolute Gasteiger partial charge is 0.416 e. The van der Waals surface area contributed by atoms with Crippen molar-refractivity contribution in [1.29, 1.82) is 0 Å². The molecule has 10 heteroatoms. The van der Waals surface area contributed by atoms with Gasteiger partial charge in [0.25, 0.3) is 0 Å². The summed E-state index contributed by atoms with van der Waals surface area (Å²) < 4.78 is 55.9. The summed E-state index contributed by atoms with van der Waals surface area (Å²) in [6.07, 6.45) is -4.54. The number of nitrogens with zero attached hydrogens (tertiary/aromatic N) is 1. The topological polar surface area (TPSA) is 77.1 Å². The summed E-state index contributed by atoms with van der Waals surface area (Å²) in [4.78, 5) is 28.0. The van der Waals surface area contributed by atoms with Gasteiger partial charge in [0.1, 0.15) is 24.3 Å². The van der Waals surface area contributed by atoms with Crippen LogP contribution < -0.4 is 24.4 Å². The van der Waals surface area contributed by atoms with Crippen molar-refractivity contribution in [3.8, 4) is 17.2 Å². The molecule has 6 rings (SSSR count). The number of anilines is 2. The molecule has 1 N–H and O–H groups in total. The lowest BCUT2D eigenvalue weighted by atomic mass is 9.77. The van der Waals surface area contributed by atoms with Crippen molar-refractivity contribution in [2.24, 2.45) is 0 Å². The van der Waals surface area contributed by atoms with Crippen LogP contribution in [0.5, 0.6) is 17.2 Å². The number of alkyl halides is 3. The van der Waals surface area contributed by atoms with E-state index in [0.29, 0.717) is 34.1 Å². The van der Waals surface area contributed by atoms with Crippen LogP contribution in [-0.4, -0.2) is 31.8 Å². The molecule has 1 spiro atoms. The molecule has 0 aromatic heterocycles. The van der Waals surface area contributed by atoms with Crippen LogP contribution in [-0.2, 0) is 21.2 Å². The van der Waals surface area contributed by atoms with Crippen LogP contribution in [0.25, 0.3) is 0 Å². The second kappa shape index (κ2) is 7.39. The predicted octanol–water partition coefficient (Wildman–Crippen LogP) is 4.10. The van der Waals surface area contributed by atoms with Gasteiger partial charge in [-0.05, 0) is 35.9 Å². The zero-order valence-corrected chi connectivity index (χ0v) is 18.0. The Bertz CT molecular complexity index is 1390. The molecule has 7 nitrogen and oxygen atoms in total. The van der Waals surface area contributed by atoms with Crippen LogP contribution in [0.2, 0.25) is 0 Å². The molecule has 0 fully saturated rings. The second-order valence-corrected chi connectivity index (χ2v) is 8.43. The van der Waals surface area contributed by atoms with E-state index in [1.54, 1.807) is 36.4 Å². The van der Waals surface area contributed by atoms with Gasteiger partial charge in [-0.3, -0.25) is 9.59 Å². The van der Waals surface area contributed by atoms with Gasteiger partial charge < -0.3 is 24.4 Å². The fraction of sp³-hybridized carbons (Fsp3) is 0.200. The van der Waals surface area contributed by atoms with Gasteiger partial charge >= 0.3 is 6.18 Å². The van der Waals surface area contributed by atoms with Crippen LogP contribution in [0.15, 0.2) is 60.7 Å². The number of fused-ring (bicyclic) bond motifs is 5. The minimum atomic E-state index is -4.54. The minimum Gasteiger partial charge on any atom is -0.491 e. The first-order chi connectivity index (χ1) is 16.8. The van der Waals surface area contributed by atoms with E-state index in [0.717, 1.165) is 12.1 Å². The van der Waals surface area contributed by atoms with Crippen molar-refractivity contribution in [3.63, 3.8) is 0 Å². The summed E-state index contributed by atoms with van der Waals surface area (Å²) in [6.45, 7) is -0.280. The number of nitrogens with one attached hydrogen (secondary N) is 1. The zero-order chi connectivity index (χ0) is 24.4. The van der Waals surface area contributed by atoms with Gasteiger partial charge in [-0.2, -0.15) is 13.2 Å². The van der Waals surface area contributed by atoms with Crippen LogP contribution >= 0.6 is 0 Å². The Labute approximate surface area is 197 Å².